The normalized spacial score (nSPS) is 9.79. The summed E-state index contributed by atoms with van der Waals surface area (Å²) < 4.78 is 0. The maximum absolute atomic E-state index is 10.6. The number of aliphatic carboxylic acids is 4. The molecule has 0 rings (SSSR count). The van der Waals surface area contributed by atoms with Gasteiger partial charge in [0.15, 0.2) is 0 Å². The predicted octanol–water partition coefficient (Wildman–Crippen LogP) is -4.26. The summed E-state index contributed by atoms with van der Waals surface area (Å²) in [7, 11) is 0. The van der Waals surface area contributed by atoms with E-state index < -0.39 is 50.1 Å². The van der Waals surface area contributed by atoms with Crippen LogP contribution in [-0.4, -0.2) is 120 Å². The van der Waals surface area contributed by atoms with Crippen LogP contribution in [0.5, 0.6) is 0 Å². The quantitative estimate of drug-likeness (QED) is 0.142. The monoisotopic (exact) mass is 412 g/mol. The van der Waals surface area contributed by atoms with Crippen molar-refractivity contribution in [1.29, 1.82) is 0 Å². The molecule has 0 aliphatic heterocycles. The molecular formula is C14H32N6O8. The zero-order chi connectivity index (χ0) is 22.5. The Labute approximate surface area is 162 Å². The van der Waals surface area contributed by atoms with Gasteiger partial charge in [0.25, 0.3) is 0 Å². The maximum Gasteiger partial charge on any atom is 0.317 e. The zero-order valence-corrected chi connectivity index (χ0v) is 15.7. The van der Waals surface area contributed by atoms with E-state index in [2.05, 4.69) is 0 Å². The van der Waals surface area contributed by atoms with Crippen LogP contribution in [0.4, 0.5) is 0 Å². The molecule has 0 saturated heterocycles. The molecule has 166 valence electrons. The third kappa shape index (κ3) is 28.4. The summed E-state index contributed by atoms with van der Waals surface area (Å²) in [6.07, 6.45) is 0. The van der Waals surface area contributed by atoms with Crippen molar-refractivity contribution in [2.75, 3.05) is 65.4 Å². The van der Waals surface area contributed by atoms with E-state index in [1.165, 1.54) is 0 Å². The van der Waals surface area contributed by atoms with Gasteiger partial charge < -0.3 is 43.4 Å². The van der Waals surface area contributed by atoms with E-state index >= 15 is 0 Å². The molecule has 0 aromatic heterocycles. The van der Waals surface area contributed by atoms with Gasteiger partial charge in [-0.1, -0.05) is 0 Å². The highest BCUT2D eigenvalue weighted by atomic mass is 16.4. The molecule has 0 aliphatic rings. The minimum Gasteiger partial charge on any atom is -0.480 e. The molecule has 0 amide bonds. The number of hydrogen-bond donors (Lipinski definition) is 8. The first-order valence-electron chi connectivity index (χ1n) is 8.16. The van der Waals surface area contributed by atoms with Gasteiger partial charge in [-0.05, 0) is 0 Å². The van der Waals surface area contributed by atoms with Gasteiger partial charge in [0.05, 0.1) is 26.2 Å². The molecule has 0 aliphatic carbocycles. The first-order chi connectivity index (χ1) is 13.0. The predicted molar refractivity (Wildman–Crippen MR) is 99.6 cm³/mol. The molecule has 0 heterocycles. The van der Waals surface area contributed by atoms with Crippen molar-refractivity contribution >= 4 is 23.9 Å². The van der Waals surface area contributed by atoms with E-state index in [-0.39, 0.29) is 13.1 Å². The van der Waals surface area contributed by atoms with Crippen molar-refractivity contribution in [1.82, 2.24) is 9.80 Å². The highest BCUT2D eigenvalue weighted by Gasteiger charge is 2.17. The Bertz CT molecular complexity index is 376. The molecule has 0 unspecified atom stereocenters. The molecule has 0 radical (unpaired) electrons. The summed E-state index contributed by atoms with van der Waals surface area (Å²) in [6.45, 7) is 0.138. The molecule has 28 heavy (non-hydrogen) atoms. The average Bonchev–Trinajstić information content (AvgIpc) is 2.58. The van der Waals surface area contributed by atoms with Crippen molar-refractivity contribution in [3.05, 3.63) is 0 Å². The van der Waals surface area contributed by atoms with Crippen LogP contribution in [0.15, 0.2) is 0 Å². The molecule has 0 bridgehead atoms. The van der Waals surface area contributed by atoms with Crippen LogP contribution >= 0.6 is 0 Å². The van der Waals surface area contributed by atoms with Crippen LogP contribution in [0.3, 0.4) is 0 Å². The lowest BCUT2D eigenvalue weighted by Crippen LogP contribution is -2.43. The Morgan fingerprint density at radius 1 is 0.500 bits per heavy atom. The third-order valence-electron chi connectivity index (χ3n) is 2.50. The zero-order valence-electron chi connectivity index (χ0n) is 15.7. The number of carbonyl (C=O) groups is 4. The van der Waals surface area contributed by atoms with Crippen molar-refractivity contribution in [2.45, 2.75) is 0 Å². The average molecular weight is 412 g/mol. The SMILES string of the molecule is NCCN.NCCN.O=C(O)CN(CCN(CC(=O)O)CC(=O)O)CC(=O)O. The Morgan fingerprint density at radius 2 is 0.679 bits per heavy atom. The van der Waals surface area contributed by atoms with E-state index in [1.807, 2.05) is 0 Å². The highest BCUT2D eigenvalue weighted by Crippen LogP contribution is 1.94. The highest BCUT2D eigenvalue weighted by molar-refractivity contribution is 5.73. The molecule has 0 aromatic rings. The van der Waals surface area contributed by atoms with Gasteiger partial charge in [-0.15, -0.1) is 0 Å². The van der Waals surface area contributed by atoms with Crippen molar-refractivity contribution in [3.8, 4) is 0 Å². The lowest BCUT2D eigenvalue weighted by atomic mass is 10.4. The van der Waals surface area contributed by atoms with E-state index in [4.69, 9.17) is 43.4 Å². The molecule has 0 spiro atoms. The number of nitrogens with two attached hydrogens (primary N) is 4. The lowest BCUT2D eigenvalue weighted by Gasteiger charge is -2.23. The summed E-state index contributed by atoms with van der Waals surface area (Å²) in [5, 5.41) is 34.5. The molecule has 14 nitrogen and oxygen atoms in total. The summed E-state index contributed by atoms with van der Waals surface area (Å²) in [4.78, 5) is 44.4. The van der Waals surface area contributed by atoms with Crippen molar-refractivity contribution in [2.24, 2.45) is 22.9 Å². The number of carboxylic acid groups (broad SMARTS) is 4. The van der Waals surface area contributed by atoms with Gasteiger partial charge >= 0.3 is 23.9 Å². The summed E-state index contributed by atoms with van der Waals surface area (Å²) in [5.74, 6) is -4.91. The maximum atomic E-state index is 10.6. The fraction of sp³-hybridized carbons (Fsp3) is 0.714. The van der Waals surface area contributed by atoms with Gasteiger partial charge in [-0.2, -0.15) is 0 Å². The number of hydrogen-bond acceptors (Lipinski definition) is 10. The standard InChI is InChI=1S/C10H16N2O8.2C2H8N2/c13-7(14)3-11(4-8(15)16)1-2-12(5-9(17)18)6-10(19)20;2*3-1-2-4/h1-6H2,(H,13,14)(H,15,16)(H,17,18)(H,19,20);2*1-4H2. The molecule has 12 N–H and O–H groups in total. The first-order valence-corrected chi connectivity index (χ1v) is 8.16. The smallest absolute Gasteiger partial charge is 0.317 e. The topological polar surface area (TPSA) is 260 Å². The van der Waals surface area contributed by atoms with Crippen LogP contribution in [0, 0.1) is 0 Å². The summed E-state index contributed by atoms with van der Waals surface area (Å²) in [6, 6.07) is 0. The lowest BCUT2D eigenvalue weighted by molar-refractivity contribution is -0.145. The van der Waals surface area contributed by atoms with Crippen LogP contribution in [0.25, 0.3) is 0 Å². The molecule has 0 saturated carbocycles. The van der Waals surface area contributed by atoms with Gasteiger partial charge in [0.1, 0.15) is 0 Å². The van der Waals surface area contributed by atoms with Crippen LogP contribution in [0.2, 0.25) is 0 Å². The molecule has 0 aromatic carbocycles. The Hall–Kier alpha value is -2.36. The largest absolute Gasteiger partial charge is 0.480 e. The number of carboxylic acids is 4. The van der Waals surface area contributed by atoms with E-state index in [9.17, 15) is 19.2 Å². The Morgan fingerprint density at radius 3 is 0.786 bits per heavy atom. The van der Waals surface area contributed by atoms with Crippen molar-refractivity contribution < 1.29 is 39.6 Å². The minimum absolute atomic E-state index is 0.0703. The van der Waals surface area contributed by atoms with Crippen LogP contribution in [0.1, 0.15) is 0 Å². The fourth-order valence-corrected chi connectivity index (χ4v) is 1.48. The van der Waals surface area contributed by atoms with E-state index in [1.54, 1.807) is 0 Å². The third-order valence-corrected chi connectivity index (χ3v) is 2.50. The molecule has 14 heteroatoms. The number of rotatable bonds is 13. The van der Waals surface area contributed by atoms with E-state index in [0.717, 1.165) is 9.80 Å². The molecule has 0 atom stereocenters. The van der Waals surface area contributed by atoms with Gasteiger partial charge in [-0.25, -0.2) is 0 Å². The van der Waals surface area contributed by atoms with Gasteiger partial charge in [0.2, 0.25) is 0 Å². The first kappa shape index (κ1) is 30.4. The van der Waals surface area contributed by atoms with Crippen LogP contribution in [-0.2, 0) is 19.2 Å². The number of nitrogens with zero attached hydrogens (tertiary/aromatic N) is 2. The van der Waals surface area contributed by atoms with Gasteiger partial charge in [0, 0.05) is 39.3 Å². The minimum atomic E-state index is -1.23. The summed E-state index contributed by atoms with van der Waals surface area (Å²) >= 11 is 0. The Kier molecular flexibility index (Phi) is 22.7. The van der Waals surface area contributed by atoms with Crippen molar-refractivity contribution in [3.63, 3.8) is 0 Å². The van der Waals surface area contributed by atoms with E-state index in [0.29, 0.717) is 26.2 Å². The van der Waals surface area contributed by atoms with Crippen LogP contribution < -0.4 is 22.9 Å². The Balaban J connectivity index is -0.000000656. The second-order valence-corrected chi connectivity index (χ2v) is 5.15. The summed E-state index contributed by atoms with van der Waals surface area (Å²) in [5.41, 5.74) is 19.6. The fourth-order valence-electron chi connectivity index (χ4n) is 1.48. The second kappa shape index (κ2) is 20.9. The molecule has 0 fully saturated rings. The van der Waals surface area contributed by atoms with Gasteiger partial charge in [-0.3, -0.25) is 29.0 Å². The second-order valence-electron chi connectivity index (χ2n) is 5.15. The molecular weight excluding hydrogens is 380 g/mol.